The second kappa shape index (κ2) is 52.1. The smallest absolute Gasteiger partial charge is 0.772 e. The first-order chi connectivity index (χ1) is 4.24. The van der Waals surface area contributed by atoms with Crippen LogP contribution in [-0.4, -0.2) is 0 Å². The van der Waals surface area contributed by atoms with Crippen LogP contribution in [0.1, 0.15) is 0 Å². The van der Waals surface area contributed by atoms with Gasteiger partial charge in [0.15, 0.2) is 0 Å². The Labute approximate surface area is 75.2 Å². The average Bonchev–Trinajstić information content (AvgIpc) is 1.70. The minimum absolute atomic E-state index is 0. The van der Waals surface area contributed by atoms with E-state index >= 15 is 0 Å². The molecule has 0 aromatic heterocycles. The van der Waals surface area contributed by atoms with Gasteiger partial charge in [0.1, 0.15) is 0 Å². The van der Waals surface area contributed by atoms with E-state index in [0.717, 1.165) is 0 Å². The van der Waals surface area contributed by atoms with Crippen molar-refractivity contribution in [1.29, 1.82) is 0 Å². The van der Waals surface area contributed by atoms with Crippen molar-refractivity contribution in [3.8, 4) is 0 Å². The van der Waals surface area contributed by atoms with Gasteiger partial charge in [-0.2, -0.15) is 0 Å². The van der Waals surface area contributed by atoms with Gasteiger partial charge in [-0.1, -0.05) is 0 Å². The molecule has 0 aliphatic rings. The molecule has 10 heteroatoms. The molecule has 0 aliphatic heterocycles. The minimum atomic E-state index is -1.08. The summed E-state index contributed by atoms with van der Waals surface area (Å²) in [6, 6.07) is 0. The summed E-state index contributed by atoms with van der Waals surface area (Å²) in [6.07, 6.45) is 0. The van der Waals surface area contributed by atoms with E-state index in [9.17, 15) is 0 Å². The van der Waals surface area contributed by atoms with E-state index in [4.69, 9.17) is 28.4 Å². The summed E-state index contributed by atoms with van der Waals surface area (Å²) >= 11 is 0. The molecule has 10 heavy (non-hydrogen) atoms. The molecule has 0 atom stereocenters. The van der Waals surface area contributed by atoms with Crippen molar-refractivity contribution in [2.24, 2.45) is 0 Å². The fourth-order valence-electron chi connectivity index (χ4n) is 0. The van der Waals surface area contributed by atoms with Gasteiger partial charge in [-0.05, 0) is 0 Å². The summed E-state index contributed by atoms with van der Waals surface area (Å²) in [5, 5.41) is 0. The Morgan fingerprint density at radius 3 is 0.700 bits per heavy atom. The van der Waals surface area contributed by atoms with E-state index < -0.39 is 26.1 Å². The third-order valence-electron chi connectivity index (χ3n) is 0. The molecule has 0 heterocycles. The van der Waals surface area contributed by atoms with Crippen LogP contribution in [0.4, 0.5) is 0 Å². The molecule has 0 spiro atoms. The van der Waals surface area contributed by atoms with E-state index in [1.165, 1.54) is 0 Å². The molecule has 0 bridgehead atoms. The molecule has 0 unspecified atom stereocenters. The Morgan fingerprint density at radius 2 is 0.700 bits per heavy atom. The Balaban J connectivity index is -0.0000000257. The van der Waals surface area contributed by atoms with Crippen molar-refractivity contribution in [1.82, 2.24) is 0 Å². The fourth-order valence-corrected chi connectivity index (χ4v) is 0. The van der Waals surface area contributed by atoms with Crippen molar-refractivity contribution in [2.45, 2.75) is 0 Å². The van der Waals surface area contributed by atoms with Crippen LogP contribution in [0.2, 0.25) is 0 Å². The minimum Gasteiger partial charge on any atom is -0.772 e. The quantitative estimate of drug-likeness (QED) is 0.483. The van der Waals surface area contributed by atoms with E-state index in [1.807, 2.05) is 0 Å². The van der Waals surface area contributed by atoms with Crippen LogP contribution in [0.25, 0.3) is 0 Å². The van der Waals surface area contributed by atoms with Crippen molar-refractivity contribution in [2.75, 3.05) is 0 Å². The number of rotatable bonds is 0. The molecule has 0 aliphatic carbocycles. The molecule has 0 saturated heterocycles. The van der Waals surface area contributed by atoms with Crippen LogP contribution in [0.5, 0.6) is 0 Å². The zero-order valence-electron chi connectivity index (χ0n) is 4.17. The topological polar surface area (TPSA) is 120 Å². The van der Waals surface area contributed by atoms with Crippen molar-refractivity contribution in [3.05, 3.63) is 0 Å². The fraction of sp³-hybridized carbons (Fsp3) is 0. The largest absolute Gasteiger partial charge is 3.00 e. The Morgan fingerprint density at radius 1 is 0.700 bits per heavy atom. The first kappa shape index (κ1) is 22.4. The summed E-state index contributed by atoms with van der Waals surface area (Å²) in [4.78, 5) is 25.0. The standard InChI is InChI=1S/3HO2P.Re/c3*1-3-2;/h3*(H,1,2);/q;;;+3/p-3. The Kier molecular flexibility index (Phi) is 117. The maximum atomic E-state index is 8.35. The zero-order valence-corrected chi connectivity index (χ0v) is 9.57. The third kappa shape index (κ3) is 766. The van der Waals surface area contributed by atoms with Crippen LogP contribution < -0.4 is 14.7 Å². The summed E-state index contributed by atoms with van der Waals surface area (Å²) in [7, 11) is -3.25. The van der Waals surface area contributed by atoms with Crippen LogP contribution in [0.3, 0.4) is 0 Å². The molecule has 6 nitrogen and oxygen atoms in total. The van der Waals surface area contributed by atoms with Crippen molar-refractivity contribution < 1.29 is 48.8 Å². The van der Waals surface area contributed by atoms with Gasteiger partial charge in [-0.3, -0.25) is 13.7 Å². The Bertz CT molecular complexity index is 49.7. The maximum Gasteiger partial charge on any atom is 3.00 e. The predicted octanol–water partition coefficient (Wildman–Crippen LogP) is -1.34. The van der Waals surface area contributed by atoms with E-state index in [1.54, 1.807) is 0 Å². The first-order valence-electron chi connectivity index (χ1n) is 1.10. The molecule has 0 amide bonds. The van der Waals surface area contributed by atoms with Crippen LogP contribution >= 0.6 is 26.1 Å². The van der Waals surface area contributed by atoms with Gasteiger partial charge >= 0.3 is 20.4 Å². The van der Waals surface area contributed by atoms with Crippen LogP contribution in [0, 0.1) is 0 Å². The second-order valence-corrected chi connectivity index (χ2v) is 0.671. The summed E-state index contributed by atoms with van der Waals surface area (Å²) in [6.45, 7) is 0. The molecule has 0 aromatic carbocycles. The van der Waals surface area contributed by atoms with Crippen molar-refractivity contribution >= 4 is 26.1 Å². The number of hydrogen-bond acceptors (Lipinski definition) is 6. The maximum absolute atomic E-state index is 8.35. The van der Waals surface area contributed by atoms with Gasteiger partial charge < -0.3 is 14.7 Å². The number of hydrogen-bond donors (Lipinski definition) is 0. The molecule has 58 valence electrons. The molecule has 0 saturated carbocycles. The summed E-state index contributed by atoms with van der Waals surface area (Å²) in [5.74, 6) is 0. The van der Waals surface area contributed by atoms with E-state index in [0.29, 0.717) is 0 Å². The van der Waals surface area contributed by atoms with Crippen LogP contribution in [0.15, 0.2) is 0 Å². The second-order valence-electron chi connectivity index (χ2n) is 0.224. The van der Waals surface area contributed by atoms with Gasteiger partial charge in [0.2, 0.25) is 0 Å². The molecular formula is O6P3Re. The van der Waals surface area contributed by atoms with Gasteiger partial charge in [0, 0.05) is 0 Å². The molecule has 0 N–H and O–H groups in total. The van der Waals surface area contributed by atoms with Gasteiger partial charge in [0.25, 0.3) is 0 Å². The zero-order chi connectivity index (χ0) is 8.12. The SMILES string of the molecule is O=P[O-].O=P[O-].O=P[O-].[Re+3]. The van der Waals surface area contributed by atoms with Crippen LogP contribution in [-0.2, 0) is 34.1 Å². The molecule has 0 radical (unpaired) electrons. The molecular weight excluding hydrogens is 375 g/mol. The van der Waals surface area contributed by atoms with Crippen molar-refractivity contribution in [3.63, 3.8) is 0 Å². The summed E-state index contributed by atoms with van der Waals surface area (Å²) in [5.41, 5.74) is 0. The third-order valence-corrected chi connectivity index (χ3v) is 0. The monoisotopic (exact) mass is 376 g/mol. The first-order valence-corrected chi connectivity index (χ1v) is 3.29. The van der Waals surface area contributed by atoms with Gasteiger partial charge in [-0.15, -0.1) is 0 Å². The predicted molar refractivity (Wildman–Crippen MR) is 22.8 cm³/mol. The molecule has 0 fully saturated rings. The Hall–Kier alpha value is 0.842. The van der Waals surface area contributed by atoms with E-state index in [-0.39, 0.29) is 20.4 Å². The average molecular weight is 375 g/mol. The molecule has 0 aromatic rings. The van der Waals surface area contributed by atoms with Gasteiger partial charge in [-0.25, -0.2) is 0 Å². The van der Waals surface area contributed by atoms with E-state index in [2.05, 4.69) is 0 Å². The summed E-state index contributed by atoms with van der Waals surface area (Å²) < 4.78 is 25.0. The molecule has 0 rings (SSSR count). The van der Waals surface area contributed by atoms with Gasteiger partial charge in [0.05, 0.1) is 26.1 Å². The normalized spacial score (nSPS) is 6.30.